The van der Waals surface area contributed by atoms with Gasteiger partial charge in [-0.25, -0.2) is 4.79 Å². The maximum absolute atomic E-state index is 11.8. The highest BCUT2D eigenvalue weighted by Gasteiger charge is 2.53. The zero-order chi connectivity index (χ0) is 14.8. The first-order valence-electron chi connectivity index (χ1n) is 6.02. The van der Waals surface area contributed by atoms with E-state index in [1.54, 1.807) is 4.90 Å². The Hall–Kier alpha value is -0.950. The van der Waals surface area contributed by atoms with Crippen molar-refractivity contribution in [1.82, 2.24) is 4.90 Å². The van der Waals surface area contributed by atoms with Crippen molar-refractivity contribution in [2.75, 3.05) is 26.5 Å². The van der Waals surface area contributed by atoms with Gasteiger partial charge in [-0.05, 0) is 27.0 Å². The predicted octanol–water partition coefficient (Wildman–Crippen LogP) is 0.839. The maximum atomic E-state index is 11.8. The summed E-state index contributed by atoms with van der Waals surface area (Å²) in [6, 6.07) is -0.744. The number of likely N-dealkylation sites (tertiary alicyclic amines) is 1. The molecule has 0 aliphatic carbocycles. The summed E-state index contributed by atoms with van der Waals surface area (Å²) in [5.41, 5.74) is 5.37. The van der Waals surface area contributed by atoms with Gasteiger partial charge in [0.05, 0.1) is 11.9 Å². The number of carbonyl (C=O) groups is 2. The first-order chi connectivity index (χ1) is 8.65. The van der Waals surface area contributed by atoms with E-state index in [-0.39, 0.29) is 6.09 Å². The maximum Gasteiger partial charge on any atom is 0.410 e. The van der Waals surface area contributed by atoms with Gasteiger partial charge in [0.25, 0.3) is 0 Å². The van der Waals surface area contributed by atoms with Crippen LogP contribution in [-0.2, 0) is 14.3 Å². The molecule has 1 aliphatic rings. The second kappa shape index (κ2) is 5.58. The Bertz CT molecular complexity index is 361. The fourth-order valence-corrected chi connectivity index (χ4v) is 2.77. The van der Waals surface area contributed by atoms with Gasteiger partial charge in [-0.15, -0.1) is 0 Å². The van der Waals surface area contributed by atoms with Crippen molar-refractivity contribution >= 4 is 23.8 Å². The topological polar surface area (TPSA) is 81.9 Å². The van der Waals surface area contributed by atoms with Gasteiger partial charge in [-0.3, -0.25) is 4.79 Å². The fourth-order valence-electron chi connectivity index (χ4n) is 1.85. The number of nitrogens with two attached hydrogens (primary N) is 1. The molecule has 7 heteroatoms. The molecule has 1 aliphatic heterocycles. The summed E-state index contributed by atoms with van der Waals surface area (Å²) in [6.07, 6.45) is 1.49. The van der Waals surface area contributed by atoms with E-state index in [1.807, 2.05) is 27.0 Å². The highest BCUT2D eigenvalue weighted by Crippen LogP contribution is 2.37. The molecule has 110 valence electrons. The first kappa shape index (κ1) is 16.1. The minimum absolute atomic E-state index is 0.380. The van der Waals surface area contributed by atoms with Crippen molar-refractivity contribution in [3.05, 3.63) is 0 Å². The smallest absolute Gasteiger partial charge is 0.410 e. The molecule has 19 heavy (non-hydrogen) atoms. The zero-order valence-electron chi connectivity index (χ0n) is 12.1. The molecule has 1 heterocycles. The van der Waals surface area contributed by atoms with Crippen molar-refractivity contribution in [1.29, 1.82) is 0 Å². The van der Waals surface area contributed by atoms with Gasteiger partial charge in [0, 0.05) is 13.1 Å². The van der Waals surface area contributed by atoms with Crippen LogP contribution < -0.4 is 5.73 Å². The van der Waals surface area contributed by atoms with E-state index in [1.165, 1.54) is 18.9 Å². The van der Waals surface area contributed by atoms with Crippen LogP contribution in [0, 0.1) is 0 Å². The standard InChI is InChI=1S/C12H22N2O4S/c1-11(2,3)18-10(16)14-6-12(7-14,19-5)8(13)9(15)17-4/h8H,6-7,13H2,1-5H3. The van der Waals surface area contributed by atoms with Gasteiger partial charge in [0.15, 0.2) is 0 Å². The minimum atomic E-state index is -0.744. The third kappa shape index (κ3) is 3.54. The Morgan fingerprint density at radius 1 is 1.37 bits per heavy atom. The summed E-state index contributed by atoms with van der Waals surface area (Å²) in [7, 11) is 1.31. The van der Waals surface area contributed by atoms with E-state index in [4.69, 9.17) is 10.5 Å². The molecule has 0 aromatic rings. The van der Waals surface area contributed by atoms with Crippen LogP contribution in [0.25, 0.3) is 0 Å². The quantitative estimate of drug-likeness (QED) is 0.776. The lowest BCUT2D eigenvalue weighted by Gasteiger charge is -2.50. The second-order valence-corrected chi connectivity index (χ2v) is 6.83. The summed E-state index contributed by atoms with van der Waals surface area (Å²) in [4.78, 5) is 24.9. The minimum Gasteiger partial charge on any atom is -0.468 e. The molecule has 0 saturated carbocycles. The molecule has 1 unspecified atom stereocenters. The average Bonchev–Trinajstić information content (AvgIpc) is 2.24. The molecule has 0 radical (unpaired) electrons. The summed E-state index contributed by atoms with van der Waals surface area (Å²) in [5.74, 6) is -0.460. The van der Waals surface area contributed by atoms with Crippen molar-refractivity contribution in [2.45, 2.75) is 37.2 Å². The normalized spacial score (nSPS) is 19.4. The van der Waals surface area contributed by atoms with Crippen LogP contribution in [0.5, 0.6) is 0 Å². The number of amides is 1. The number of thioether (sulfide) groups is 1. The Morgan fingerprint density at radius 2 is 1.89 bits per heavy atom. The lowest BCUT2D eigenvalue weighted by atomic mass is 9.91. The van der Waals surface area contributed by atoms with Crippen LogP contribution in [0.4, 0.5) is 4.79 Å². The highest BCUT2D eigenvalue weighted by atomic mass is 32.2. The van der Waals surface area contributed by atoms with Gasteiger partial charge >= 0.3 is 12.1 Å². The van der Waals surface area contributed by atoms with Crippen LogP contribution >= 0.6 is 11.8 Å². The van der Waals surface area contributed by atoms with Gasteiger partial charge in [-0.2, -0.15) is 11.8 Å². The summed E-state index contributed by atoms with van der Waals surface area (Å²) in [6.45, 7) is 6.21. The molecule has 0 spiro atoms. The van der Waals surface area contributed by atoms with E-state index in [2.05, 4.69) is 4.74 Å². The predicted molar refractivity (Wildman–Crippen MR) is 74.0 cm³/mol. The first-order valence-corrected chi connectivity index (χ1v) is 7.24. The highest BCUT2D eigenvalue weighted by molar-refractivity contribution is 8.00. The van der Waals surface area contributed by atoms with Crippen molar-refractivity contribution in [2.24, 2.45) is 5.73 Å². The van der Waals surface area contributed by atoms with Crippen LogP contribution in [0.2, 0.25) is 0 Å². The third-order valence-electron chi connectivity index (χ3n) is 3.00. The molecule has 0 bridgehead atoms. The van der Waals surface area contributed by atoms with Gasteiger partial charge in [-0.1, -0.05) is 0 Å². The number of carbonyl (C=O) groups excluding carboxylic acids is 2. The molecular weight excluding hydrogens is 268 g/mol. The lowest BCUT2D eigenvalue weighted by Crippen LogP contribution is -2.71. The van der Waals surface area contributed by atoms with Gasteiger partial charge in [0.2, 0.25) is 0 Å². The molecule has 6 nitrogen and oxygen atoms in total. The second-order valence-electron chi connectivity index (χ2n) is 5.61. The summed E-state index contributed by atoms with van der Waals surface area (Å²) < 4.78 is 9.44. The summed E-state index contributed by atoms with van der Waals surface area (Å²) in [5, 5.41) is 0. The van der Waals surface area contributed by atoms with Crippen LogP contribution in [0.1, 0.15) is 20.8 Å². The molecule has 0 aromatic heterocycles. The Balaban J connectivity index is 2.62. The molecule has 1 amide bonds. The van der Waals surface area contributed by atoms with Gasteiger partial charge < -0.3 is 20.1 Å². The molecule has 0 aromatic carbocycles. The molecular formula is C12H22N2O4S. The molecule has 1 fully saturated rings. The third-order valence-corrected chi connectivity index (χ3v) is 4.32. The summed E-state index contributed by atoms with van der Waals surface area (Å²) >= 11 is 1.47. The molecule has 1 atom stereocenters. The van der Waals surface area contributed by atoms with Gasteiger partial charge in [0.1, 0.15) is 11.6 Å². The van der Waals surface area contributed by atoms with E-state index in [9.17, 15) is 9.59 Å². The zero-order valence-corrected chi connectivity index (χ0v) is 12.9. The van der Waals surface area contributed by atoms with Crippen LogP contribution in [0.15, 0.2) is 0 Å². The molecule has 2 N–H and O–H groups in total. The average molecular weight is 290 g/mol. The van der Waals surface area contributed by atoms with E-state index in [0.717, 1.165) is 0 Å². The van der Waals surface area contributed by atoms with Crippen LogP contribution in [-0.4, -0.2) is 59.8 Å². The molecule has 1 saturated heterocycles. The number of hydrogen-bond acceptors (Lipinski definition) is 6. The van der Waals surface area contributed by atoms with E-state index < -0.39 is 22.4 Å². The lowest BCUT2D eigenvalue weighted by molar-refractivity contribution is -0.144. The number of methoxy groups -OCH3 is 1. The largest absolute Gasteiger partial charge is 0.468 e. The number of rotatable bonds is 3. The van der Waals surface area contributed by atoms with Crippen molar-refractivity contribution in [3.63, 3.8) is 0 Å². The van der Waals surface area contributed by atoms with E-state index >= 15 is 0 Å². The Kier molecular flexibility index (Phi) is 4.73. The van der Waals surface area contributed by atoms with E-state index in [0.29, 0.717) is 13.1 Å². The monoisotopic (exact) mass is 290 g/mol. The Labute approximate surface area is 118 Å². The number of esters is 1. The Morgan fingerprint density at radius 3 is 2.26 bits per heavy atom. The van der Waals surface area contributed by atoms with Crippen molar-refractivity contribution < 1.29 is 19.1 Å². The fraction of sp³-hybridized carbons (Fsp3) is 0.833. The van der Waals surface area contributed by atoms with Crippen molar-refractivity contribution in [3.8, 4) is 0 Å². The molecule has 1 rings (SSSR count). The van der Waals surface area contributed by atoms with Crippen LogP contribution in [0.3, 0.4) is 0 Å². The SMILES string of the molecule is COC(=O)C(N)C1(SC)CN(C(=O)OC(C)(C)C)C1. The number of ether oxygens (including phenoxy) is 2. The number of hydrogen-bond donors (Lipinski definition) is 1. The number of nitrogens with zero attached hydrogens (tertiary/aromatic N) is 1.